The number of carbonyl (C=O) groups excluding carboxylic acids is 1. The molecule has 1 fully saturated rings. The standard InChI is InChI=1S/C20H27N5O/c1-3-24-15(2)11-19(23-10-6-9-18(22)14-23)25(20(24)26)13-17-8-5-4-7-16(17)12-21/h4-5,7-8,11,15,18H,3,6,9-10,13-14,22H2,1-2H3/t15?,18-/m1/s1. The maximum Gasteiger partial charge on any atom is 0.326 e. The first-order valence-electron chi connectivity index (χ1n) is 9.33. The molecule has 0 aromatic heterocycles. The topological polar surface area (TPSA) is 76.6 Å². The normalized spacial score (nSPS) is 23.7. The van der Waals surface area contributed by atoms with Crippen LogP contribution in [0.25, 0.3) is 0 Å². The molecule has 2 N–H and O–H groups in total. The van der Waals surface area contributed by atoms with Gasteiger partial charge < -0.3 is 15.5 Å². The Morgan fingerprint density at radius 3 is 2.81 bits per heavy atom. The summed E-state index contributed by atoms with van der Waals surface area (Å²) in [5.74, 6) is 0.926. The lowest BCUT2D eigenvalue weighted by Crippen LogP contribution is -2.55. The first-order chi connectivity index (χ1) is 12.5. The molecule has 1 unspecified atom stereocenters. The van der Waals surface area contributed by atoms with Crippen molar-refractivity contribution in [2.45, 2.75) is 45.3 Å². The Kier molecular flexibility index (Phi) is 5.48. The van der Waals surface area contributed by atoms with Gasteiger partial charge in [-0.2, -0.15) is 5.26 Å². The Labute approximate surface area is 155 Å². The summed E-state index contributed by atoms with van der Waals surface area (Å²) in [4.78, 5) is 19.1. The van der Waals surface area contributed by atoms with Crippen molar-refractivity contribution < 1.29 is 4.79 Å². The van der Waals surface area contributed by atoms with Gasteiger partial charge in [0.2, 0.25) is 0 Å². The molecular formula is C20H27N5O. The van der Waals surface area contributed by atoms with Crippen LogP contribution in [-0.4, -0.2) is 52.4 Å². The molecule has 1 aromatic carbocycles. The second-order valence-corrected chi connectivity index (χ2v) is 7.04. The number of rotatable bonds is 4. The summed E-state index contributed by atoms with van der Waals surface area (Å²) in [5, 5.41) is 9.40. The number of amides is 2. The van der Waals surface area contributed by atoms with Gasteiger partial charge in [0.25, 0.3) is 0 Å². The van der Waals surface area contributed by atoms with Gasteiger partial charge in [0, 0.05) is 25.7 Å². The van der Waals surface area contributed by atoms with E-state index in [0.717, 1.165) is 37.3 Å². The maximum atomic E-state index is 13.2. The van der Waals surface area contributed by atoms with E-state index < -0.39 is 0 Å². The van der Waals surface area contributed by atoms with Crippen LogP contribution in [0, 0.1) is 11.3 Å². The molecule has 1 aromatic rings. The smallest absolute Gasteiger partial charge is 0.326 e. The highest BCUT2D eigenvalue weighted by Crippen LogP contribution is 2.27. The lowest BCUT2D eigenvalue weighted by molar-refractivity contribution is 0.114. The number of nitrogens with two attached hydrogens (primary N) is 1. The second kappa shape index (κ2) is 7.79. The summed E-state index contributed by atoms with van der Waals surface area (Å²) in [5.41, 5.74) is 7.64. The highest BCUT2D eigenvalue weighted by molar-refractivity contribution is 5.78. The van der Waals surface area contributed by atoms with Gasteiger partial charge in [-0.1, -0.05) is 18.2 Å². The number of urea groups is 1. The predicted molar refractivity (Wildman–Crippen MR) is 101 cm³/mol. The Bertz CT molecular complexity index is 738. The number of likely N-dealkylation sites (tertiary alicyclic amines) is 1. The van der Waals surface area contributed by atoms with E-state index in [0.29, 0.717) is 18.7 Å². The zero-order valence-electron chi connectivity index (χ0n) is 15.6. The Morgan fingerprint density at radius 2 is 2.12 bits per heavy atom. The van der Waals surface area contributed by atoms with E-state index in [2.05, 4.69) is 17.0 Å². The van der Waals surface area contributed by atoms with Crippen molar-refractivity contribution in [3.8, 4) is 6.07 Å². The van der Waals surface area contributed by atoms with Gasteiger partial charge in [-0.3, -0.25) is 4.90 Å². The minimum Gasteiger partial charge on any atom is -0.357 e. The molecule has 0 saturated carbocycles. The van der Waals surface area contributed by atoms with Crippen LogP contribution in [0.15, 0.2) is 36.2 Å². The van der Waals surface area contributed by atoms with Gasteiger partial charge in [-0.25, -0.2) is 4.79 Å². The highest BCUT2D eigenvalue weighted by Gasteiger charge is 2.35. The van der Waals surface area contributed by atoms with Crippen molar-refractivity contribution in [2.75, 3.05) is 19.6 Å². The lowest BCUT2D eigenvalue weighted by atomic mass is 10.0. The predicted octanol–water partition coefficient (Wildman–Crippen LogP) is 2.47. The first kappa shape index (κ1) is 18.3. The molecule has 0 aliphatic carbocycles. The van der Waals surface area contributed by atoms with Crippen LogP contribution < -0.4 is 5.73 Å². The summed E-state index contributed by atoms with van der Waals surface area (Å²) in [6.45, 7) is 6.75. The van der Waals surface area contributed by atoms with Crippen molar-refractivity contribution in [2.24, 2.45) is 5.73 Å². The first-order valence-corrected chi connectivity index (χ1v) is 9.33. The summed E-state index contributed by atoms with van der Waals surface area (Å²) in [7, 11) is 0. The lowest BCUT2D eigenvalue weighted by Gasteiger charge is -2.45. The molecule has 0 bridgehead atoms. The van der Waals surface area contributed by atoms with Crippen LogP contribution >= 0.6 is 0 Å². The van der Waals surface area contributed by atoms with E-state index in [9.17, 15) is 10.1 Å². The molecular weight excluding hydrogens is 326 g/mol. The summed E-state index contributed by atoms with van der Waals surface area (Å²) >= 11 is 0. The molecule has 26 heavy (non-hydrogen) atoms. The van der Waals surface area contributed by atoms with Gasteiger partial charge in [-0.05, 0) is 44.4 Å². The Hall–Kier alpha value is -2.52. The van der Waals surface area contributed by atoms with Crippen LogP contribution in [0.5, 0.6) is 0 Å². The van der Waals surface area contributed by atoms with E-state index >= 15 is 0 Å². The van der Waals surface area contributed by atoms with Crippen molar-refractivity contribution in [1.29, 1.82) is 5.26 Å². The molecule has 6 nitrogen and oxygen atoms in total. The van der Waals surface area contributed by atoms with Crippen LogP contribution in [0.4, 0.5) is 4.79 Å². The fraction of sp³-hybridized carbons (Fsp3) is 0.500. The third-order valence-electron chi connectivity index (χ3n) is 5.22. The van der Waals surface area contributed by atoms with E-state index in [1.165, 1.54) is 0 Å². The van der Waals surface area contributed by atoms with Crippen molar-refractivity contribution >= 4 is 6.03 Å². The Balaban J connectivity index is 1.95. The average Bonchev–Trinajstić information content (AvgIpc) is 2.64. The largest absolute Gasteiger partial charge is 0.357 e. The molecule has 2 aliphatic rings. The number of nitriles is 1. The summed E-state index contributed by atoms with van der Waals surface area (Å²) < 4.78 is 0. The molecule has 2 aliphatic heterocycles. The number of piperidine rings is 1. The van der Waals surface area contributed by atoms with Crippen LogP contribution in [0.2, 0.25) is 0 Å². The molecule has 3 rings (SSSR count). The highest BCUT2D eigenvalue weighted by atomic mass is 16.2. The quantitative estimate of drug-likeness (QED) is 0.902. The van der Waals surface area contributed by atoms with Gasteiger partial charge >= 0.3 is 6.03 Å². The van der Waals surface area contributed by atoms with E-state index in [4.69, 9.17) is 5.73 Å². The average molecular weight is 353 g/mol. The number of benzene rings is 1. The number of carbonyl (C=O) groups is 1. The van der Waals surface area contributed by atoms with Crippen molar-refractivity contribution in [1.82, 2.24) is 14.7 Å². The molecule has 0 radical (unpaired) electrons. The third kappa shape index (κ3) is 3.54. The molecule has 2 amide bonds. The summed E-state index contributed by atoms with van der Waals surface area (Å²) in [6, 6.07) is 9.87. The van der Waals surface area contributed by atoms with Crippen LogP contribution in [0.3, 0.4) is 0 Å². The number of likely N-dealkylation sites (N-methyl/N-ethyl adjacent to an activating group) is 1. The fourth-order valence-electron chi connectivity index (χ4n) is 3.83. The zero-order valence-corrected chi connectivity index (χ0v) is 15.6. The SMILES string of the molecule is CCN1C(=O)N(Cc2ccccc2C#N)C(N2CCC[C@@H](N)C2)=CC1C. The monoisotopic (exact) mass is 353 g/mol. The van der Waals surface area contributed by atoms with E-state index in [1.807, 2.05) is 36.9 Å². The van der Waals surface area contributed by atoms with Gasteiger partial charge in [-0.15, -0.1) is 0 Å². The number of nitrogens with zero attached hydrogens (tertiary/aromatic N) is 4. The molecule has 2 atom stereocenters. The van der Waals surface area contributed by atoms with E-state index in [-0.39, 0.29) is 18.1 Å². The molecule has 6 heteroatoms. The van der Waals surface area contributed by atoms with Crippen molar-refractivity contribution in [3.05, 3.63) is 47.3 Å². The van der Waals surface area contributed by atoms with Crippen LogP contribution in [-0.2, 0) is 6.54 Å². The van der Waals surface area contributed by atoms with Gasteiger partial charge in [0.05, 0.1) is 24.2 Å². The minimum atomic E-state index is -0.00983. The molecule has 2 heterocycles. The van der Waals surface area contributed by atoms with E-state index in [1.54, 1.807) is 11.0 Å². The number of hydrogen-bond acceptors (Lipinski definition) is 4. The second-order valence-electron chi connectivity index (χ2n) is 7.04. The fourth-order valence-corrected chi connectivity index (χ4v) is 3.83. The summed E-state index contributed by atoms with van der Waals surface area (Å²) in [6.07, 6.45) is 4.20. The zero-order chi connectivity index (χ0) is 18.7. The molecule has 138 valence electrons. The number of hydrogen-bond donors (Lipinski definition) is 1. The Morgan fingerprint density at radius 1 is 1.35 bits per heavy atom. The van der Waals surface area contributed by atoms with Crippen molar-refractivity contribution in [3.63, 3.8) is 0 Å². The minimum absolute atomic E-state index is 0.00983. The maximum absolute atomic E-state index is 13.2. The van der Waals surface area contributed by atoms with Gasteiger partial charge in [0.1, 0.15) is 5.82 Å². The third-order valence-corrected chi connectivity index (χ3v) is 5.22. The van der Waals surface area contributed by atoms with Gasteiger partial charge in [0.15, 0.2) is 0 Å². The molecule has 0 spiro atoms. The molecule has 1 saturated heterocycles. The van der Waals surface area contributed by atoms with Crippen LogP contribution in [0.1, 0.15) is 37.8 Å².